The van der Waals surface area contributed by atoms with Gasteiger partial charge in [-0.3, -0.25) is 4.72 Å². The van der Waals surface area contributed by atoms with Crippen LogP contribution in [0.1, 0.15) is 27.8 Å². The van der Waals surface area contributed by atoms with Crippen LogP contribution in [0.4, 0.5) is 5.69 Å². The van der Waals surface area contributed by atoms with E-state index in [0.717, 1.165) is 36.0 Å². The summed E-state index contributed by atoms with van der Waals surface area (Å²) in [5, 5.41) is 0. The number of benzene rings is 3. The summed E-state index contributed by atoms with van der Waals surface area (Å²) in [6.45, 7) is 0. The molecule has 0 aromatic heterocycles. The van der Waals surface area contributed by atoms with Crippen molar-refractivity contribution in [2.75, 3.05) is 18.1 Å². The first kappa shape index (κ1) is 19.3. The van der Waals surface area contributed by atoms with E-state index in [9.17, 15) is 8.42 Å². The largest absolute Gasteiger partial charge is 0.497 e. The van der Waals surface area contributed by atoms with Crippen LogP contribution >= 0.6 is 0 Å². The molecule has 5 heteroatoms. The Labute approximate surface area is 171 Å². The van der Waals surface area contributed by atoms with Gasteiger partial charge in [-0.15, -0.1) is 0 Å². The van der Waals surface area contributed by atoms with Gasteiger partial charge in [0.15, 0.2) is 0 Å². The van der Waals surface area contributed by atoms with Gasteiger partial charge in [0.2, 0.25) is 10.0 Å². The summed E-state index contributed by atoms with van der Waals surface area (Å²) in [6.07, 6.45) is 5.19. The van der Waals surface area contributed by atoms with E-state index in [1.165, 1.54) is 22.3 Å². The zero-order valence-corrected chi connectivity index (χ0v) is 17.3. The number of nitrogens with one attached hydrogen (secondary N) is 1. The summed E-state index contributed by atoms with van der Waals surface area (Å²) >= 11 is 0. The fourth-order valence-electron chi connectivity index (χ4n) is 3.81. The van der Waals surface area contributed by atoms with Crippen LogP contribution in [0.25, 0.3) is 11.6 Å². The summed E-state index contributed by atoms with van der Waals surface area (Å²) in [5.41, 5.74) is 7.56. The van der Waals surface area contributed by atoms with Gasteiger partial charge in [-0.1, -0.05) is 42.5 Å². The number of ether oxygens (including phenoxy) is 1. The Morgan fingerprint density at radius 2 is 1.66 bits per heavy atom. The quantitative estimate of drug-likeness (QED) is 0.681. The van der Waals surface area contributed by atoms with Gasteiger partial charge in [0, 0.05) is 5.69 Å². The zero-order chi connectivity index (χ0) is 20.4. The van der Waals surface area contributed by atoms with Gasteiger partial charge in [-0.05, 0) is 76.6 Å². The first-order valence-electron chi connectivity index (χ1n) is 9.48. The van der Waals surface area contributed by atoms with Crippen LogP contribution < -0.4 is 9.46 Å². The highest BCUT2D eigenvalue weighted by molar-refractivity contribution is 7.92. The molecular formula is C24H23NO3S. The lowest BCUT2D eigenvalue weighted by Crippen LogP contribution is -2.09. The minimum absolute atomic E-state index is 0.554. The molecule has 0 unspecified atom stereocenters. The van der Waals surface area contributed by atoms with Gasteiger partial charge >= 0.3 is 0 Å². The van der Waals surface area contributed by atoms with Gasteiger partial charge in [-0.2, -0.15) is 0 Å². The molecule has 3 aromatic carbocycles. The van der Waals surface area contributed by atoms with E-state index in [0.29, 0.717) is 5.69 Å². The Morgan fingerprint density at radius 3 is 2.45 bits per heavy atom. The number of anilines is 1. The van der Waals surface area contributed by atoms with Gasteiger partial charge in [-0.25, -0.2) is 8.42 Å². The first-order valence-corrected chi connectivity index (χ1v) is 11.4. The number of aryl methyl sites for hydroxylation is 2. The number of fused-ring (bicyclic) bond motifs is 2. The van der Waals surface area contributed by atoms with Crippen molar-refractivity contribution in [2.24, 2.45) is 0 Å². The van der Waals surface area contributed by atoms with Crippen molar-refractivity contribution in [3.8, 4) is 5.75 Å². The predicted molar refractivity (Wildman–Crippen MR) is 119 cm³/mol. The van der Waals surface area contributed by atoms with Crippen molar-refractivity contribution >= 4 is 27.4 Å². The topological polar surface area (TPSA) is 55.4 Å². The van der Waals surface area contributed by atoms with Crippen LogP contribution in [0.3, 0.4) is 0 Å². The maximum absolute atomic E-state index is 11.6. The lowest BCUT2D eigenvalue weighted by atomic mass is 9.92. The Kier molecular flexibility index (Phi) is 5.16. The van der Waals surface area contributed by atoms with Crippen molar-refractivity contribution in [2.45, 2.75) is 12.8 Å². The van der Waals surface area contributed by atoms with Crippen LogP contribution in [-0.4, -0.2) is 21.8 Å². The molecule has 29 heavy (non-hydrogen) atoms. The van der Waals surface area contributed by atoms with Gasteiger partial charge in [0.05, 0.1) is 13.4 Å². The summed E-state index contributed by atoms with van der Waals surface area (Å²) in [6, 6.07) is 22.1. The molecule has 4 nitrogen and oxygen atoms in total. The van der Waals surface area contributed by atoms with Gasteiger partial charge < -0.3 is 4.74 Å². The maximum atomic E-state index is 11.6. The lowest BCUT2D eigenvalue weighted by molar-refractivity contribution is 0.414. The van der Waals surface area contributed by atoms with E-state index in [-0.39, 0.29) is 0 Å². The molecule has 0 radical (unpaired) electrons. The van der Waals surface area contributed by atoms with E-state index in [1.54, 1.807) is 13.2 Å². The number of hydrogen-bond donors (Lipinski definition) is 1. The molecule has 4 rings (SSSR count). The second kappa shape index (κ2) is 7.76. The fourth-order valence-corrected chi connectivity index (χ4v) is 4.37. The van der Waals surface area contributed by atoms with Crippen LogP contribution in [0, 0.1) is 0 Å². The first-order chi connectivity index (χ1) is 13.9. The predicted octanol–water partition coefficient (Wildman–Crippen LogP) is 4.75. The monoisotopic (exact) mass is 405 g/mol. The van der Waals surface area contributed by atoms with Gasteiger partial charge in [0.25, 0.3) is 0 Å². The van der Waals surface area contributed by atoms with Crippen LogP contribution in [0.5, 0.6) is 5.75 Å². The van der Waals surface area contributed by atoms with E-state index in [2.05, 4.69) is 47.2 Å². The molecule has 0 saturated carbocycles. The molecular weight excluding hydrogens is 382 g/mol. The van der Waals surface area contributed by atoms with E-state index < -0.39 is 10.0 Å². The second-order valence-electron chi connectivity index (χ2n) is 7.24. The Morgan fingerprint density at radius 1 is 0.897 bits per heavy atom. The Balaban J connectivity index is 1.87. The molecule has 0 saturated heterocycles. The highest BCUT2D eigenvalue weighted by Crippen LogP contribution is 2.36. The Bertz CT molecular complexity index is 1200. The van der Waals surface area contributed by atoms with Crippen molar-refractivity contribution in [1.82, 2.24) is 0 Å². The van der Waals surface area contributed by atoms with Crippen LogP contribution in [-0.2, 0) is 22.9 Å². The minimum atomic E-state index is -3.32. The molecule has 0 bridgehead atoms. The molecule has 0 heterocycles. The smallest absolute Gasteiger partial charge is 0.229 e. The summed E-state index contributed by atoms with van der Waals surface area (Å²) < 4.78 is 31.2. The molecule has 0 spiro atoms. The summed E-state index contributed by atoms with van der Waals surface area (Å²) in [7, 11) is -1.64. The molecule has 1 aliphatic rings. The van der Waals surface area contributed by atoms with E-state index in [1.807, 2.05) is 24.3 Å². The maximum Gasteiger partial charge on any atom is 0.229 e. The fraction of sp³-hybridized carbons (Fsp3) is 0.167. The van der Waals surface area contributed by atoms with Crippen molar-refractivity contribution in [3.05, 3.63) is 94.5 Å². The number of rotatable bonds is 4. The minimum Gasteiger partial charge on any atom is -0.497 e. The number of sulfonamides is 1. The second-order valence-corrected chi connectivity index (χ2v) is 8.99. The standard InChI is InChI=1S/C24H23NO3S/c1-28-21-12-13-23-19(16-21)11-10-18-7-3-4-9-22(18)24(23)15-17-6-5-8-20(14-17)25-29(2,26)27/h3-9,12-16,25H,10-11H2,1-2H3/b24-15+. The molecule has 0 atom stereocenters. The Hall–Kier alpha value is -3.05. The highest BCUT2D eigenvalue weighted by Gasteiger charge is 2.18. The summed E-state index contributed by atoms with van der Waals surface area (Å²) in [5.74, 6) is 0.855. The van der Waals surface area contributed by atoms with Crippen molar-refractivity contribution in [1.29, 1.82) is 0 Å². The normalized spacial score (nSPS) is 14.6. The molecule has 0 fully saturated rings. The van der Waals surface area contributed by atoms with Crippen LogP contribution in [0.2, 0.25) is 0 Å². The van der Waals surface area contributed by atoms with Gasteiger partial charge in [0.1, 0.15) is 5.75 Å². The van der Waals surface area contributed by atoms with E-state index in [4.69, 9.17) is 4.74 Å². The third-order valence-electron chi connectivity index (χ3n) is 5.07. The number of hydrogen-bond acceptors (Lipinski definition) is 3. The average Bonchev–Trinajstić information content (AvgIpc) is 2.84. The highest BCUT2D eigenvalue weighted by atomic mass is 32.2. The summed E-state index contributed by atoms with van der Waals surface area (Å²) in [4.78, 5) is 0. The molecule has 148 valence electrons. The van der Waals surface area contributed by atoms with Crippen molar-refractivity contribution in [3.63, 3.8) is 0 Å². The van der Waals surface area contributed by atoms with E-state index >= 15 is 0 Å². The molecule has 1 aliphatic carbocycles. The molecule has 0 amide bonds. The third kappa shape index (κ3) is 4.35. The molecule has 0 aliphatic heterocycles. The number of methoxy groups -OCH3 is 1. The lowest BCUT2D eigenvalue weighted by Gasteiger charge is -2.13. The van der Waals surface area contributed by atoms with Crippen LogP contribution in [0.15, 0.2) is 66.7 Å². The zero-order valence-electron chi connectivity index (χ0n) is 16.5. The SMILES string of the molecule is COc1ccc2c(c1)CCc1ccccc1/C2=C\c1cccc(NS(C)(=O)=O)c1. The van der Waals surface area contributed by atoms with Crippen molar-refractivity contribution < 1.29 is 13.2 Å². The molecule has 3 aromatic rings. The third-order valence-corrected chi connectivity index (χ3v) is 5.68. The molecule has 1 N–H and O–H groups in total. The average molecular weight is 406 g/mol.